The topological polar surface area (TPSA) is 73.8 Å². The molecule has 0 saturated carbocycles. The summed E-state index contributed by atoms with van der Waals surface area (Å²) in [7, 11) is 0. The highest BCUT2D eigenvalue weighted by Crippen LogP contribution is 2.35. The number of pyridine rings is 1. The zero-order valence-electron chi connectivity index (χ0n) is 15.3. The first kappa shape index (κ1) is 17.7. The second kappa shape index (κ2) is 7.50. The SMILES string of the molecule is O=C(CCN1C(=O)[C@H]2CC=CC[C@H]2C1=O)N1CCN(c2ccccn2)CC1. The van der Waals surface area contributed by atoms with Crippen molar-refractivity contribution >= 4 is 23.5 Å². The summed E-state index contributed by atoms with van der Waals surface area (Å²) in [5.41, 5.74) is 0. The number of imide groups is 1. The van der Waals surface area contributed by atoms with Crippen LogP contribution in [0.2, 0.25) is 0 Å². The van der Waals surface area contributed by atoms with Gasteiger partial charge >= 0.3 is 0 Å². The number of aromatic nitrogens is 1. The molecule has 1 aromatic heterocycles. The number of rotatable bonds is 4. The molecule has 0 spiro atoms. The molecule has 2 aliphatic heterocycles. The molecule has 3 heterocycles. The van der Waals surface area contributed by atoms with Gasteiger partial charge in [0.2, 0.25) is 17.7 Å². The van der Waals surface area contributed by atoms with Gasteiger partial charge in [-0.05, 0) is 25.0 Å². The quantitative estimate of drug-likeness (QED) is 0.587. The number of fused-ring (bicyclic) bond motifs is 1. The van der Waals surface area contributed by atoms with Crippen LogP contribution >= 0.6 is 0 Å². The fourth-order valence-corrected chi connectivity index (χ4v) is 4.18. The van der Waals surface area contributed by atoms with Gasteiger partial charge in [0.05, 0.1) is 11.8 Å². The Morgan fingerprint density at radius 2 is 1.67 bits per heavy atom. The highest BCUT2D eigenvalue weighted by Gasteiger charge is 2.47. The molecule has 0 N–H and O–H groups in total. The molecule has 3 aliphatic rings. The lowest BCUT2D eigenvalue weighted by atomic mass is 9.85. The monoisotopic (exact) mass is 368 g/mol. The summed E-state index contributed by atoms with van der Waals surface area (Å²) in [4.78, 5) is 47.1. The Morgan fingerprint density at radius 1 is 1.00 bits per heavy atom. The molecule has 0 unspecified atom stereocenters. The number of piperazine rings is 1. The summed E-state index contributed by atoms with van der Waals surface area (Å²) in [5, 5.41) is 0. The molecule has 3 amide bonds. The molecule has 2 fully saturated rings. The Bertz CT molecular complexity index is 730. The minimum absolute atomic E-state index is 0.00395. The van der Waals surface area contributed by atoms with Gasteiger partial charge in [0.15, 0.2) is 0 Å². The number of carbonyl (C=O) groups excluding carboxylic acids is 3. The van der Waals surface area contributed by atoms with E-state index in [4.69, 9.17) is 0 Å². The van der Waals surface area contributed by atoms with Crippen molar-refractivity contribution in [1.82, 2.24) is 14.8 Å². The van der Waals surface area contributed by atoms with Crippen LogP contribution in [0.15, 0.2) is 36.5 Å². The number of hydrogen-bond acceptors (Lipinski definition) is 5. The molecular weight excluding hydrogens is 344 g/mol. The fourth-order valence-electron chi connectivity index (χ4n) is 4.18. The third kappa shape index (κ3) is 3.46. The van der Waals surface area contributed by atoms with E-state index in [1.54, 1.807) is 6.20 Å². The number of nitrogens with zero attached hydrogens (tertiary/aromatic N) is 4. The van der Waals surface area contributed by atoms with E-state index >= 15 is 0 Å². The van der Waals surface area contributed by atoms with Crippen LogP contribution < -0.4 is 4.90 Å². The number of allylic oxidation sites excluding steroid dienone is 2. The Kier molecular flexibility index (Phi) is 4.92. The van der Waals surface area contributed by atoms with E-state index in [0.717, 1.165) is 18.9 Å². The Labute approximate surface area is 158 Å². The number of likely N-dealkylation sites (tertiary alicyclic amines) is 1. The Morgan fingerprint density at radius 3 is 2.26 bits per heavy atom. The molecule has 7 heteroatoms. The van der Waals surface area contributed by atoms with E-state index in [0.29, 0.717) is 25.9 Å². The molecule has 7 nitrogen and oxygen atoms in total. The van der Waals surface area contributed by atoms with Crippen molar-refractivity contribution in [2.75, 3.05) is 37.6 Å². The van der Waals surface area contributed by atoms with Crippen molar-refractivity contribution in [3.63, 3.8) is 0 Å². The average Bonchev–Trinajstić information content (AvgIpc) is 2.97. The van der Waals surface area contributed by atoms with Crippen molar-refractivity contribution in [3.05, 3.63) is 36.5 Å². The van der Waals surface area contributed by atoms with Crippen molar-refractivity contribution in [2.24, 2.45) is 11.8 Å². The molecule has 142 valence electrons. The van der Waals surface area contributed by atoms with Crippen molar-refractivity contribution < 1.29 is 14.4 Å². The van der Waals surface area contributed by atoms with E-state index in [-0.39, 0.29) is 42.5 Å². The molecule has 0 aromatic carbocycles. The Balaban J connectivity index is 1.28. The van der Waals surface area contributed by atoms with E-state index in [1.807, 2.05) is 35.3 Å². The second-order valence-electron chi connectivity index (χ2n) is 7.29. The third-order valence-corrected chi connectivity index (χ3v) is 5.75. The standard InChI is InChI=1S/C20H24N4O3/c25-18(23-13-11-22(12-14-23)17-7-3-4-9-21-17)8-10-24-19(26)15-5-1-2-6-16(15)20(24)27/h1-4,7,9,15-16H,5-6,8,10-14H2/t15-,16+. The van der Waals surface area contributed by atoms with Crippen LogP contribution in [0.4, 0.5) is 5.82 Å². The summed E-state index contributed by atoms with van der Waals surface area (Å²) in [6, 6.07) is 5.81. The summed E-state index contributed by atoms with van der Waals surface area (Å²) < 4.78 is 0. The van der Waals surface area contributed by atoms with E-state index in [2.05, 4.69) is 9.88 Å². The average molecular weight is 368 g/mol. The maximum absolute atomic E-state index is 12.6. The van der Waals surface area contributed by atoms with Gasteiger partial charge < -0.3 is 9.80 Å². The van der Waals surface area contributed by atoms with Crippen LogP contribution in [-0.2, 0) is 14.4 Å². The van der Waals surface area contributed by atoms with E-state index < -0.39 is 0 Å². The molecule has 2 saturated heterocycles. The van der Waals surface area contributed by atoms with Gasteiger partial charge in [0.1, 0.15) is 5.82 Å². The van der Waals surface area contributed by atoms with Crippen LogP contribution in [0.5, 0.6) is 0 Å². The molecule has 1 aromatic rings. The number of anilines is 1. The maximum atomic E-state index is 12.6. The maximum Gasteiger partial charge on any atom is 0.233 e. The highest BCUT2D eigenvalue weighted by molar-refractivity contribution is 6.05. The van der Waals surface area contributed by atoms with Gasteiger partial charge in [0, 0.05) is 45.3 Å². The molecule has 4 rings (SSSR count). The first-order valence-electron chi connectivity index (χ1n) is 9.59. The molecule has 1 aliphatic carbocycles. The fraction of sp³-hybridized carbons (Fsp3) is 0.500. The van der Waals surface area contributed by atoms with Crippen molar-refractivity contribution in [2.45, 2.75) is 19.3 Å². The van der Waals surface area contributed by atoms with Gasteiger partial charge in [-0.25, -0.2) is 4.98 Å². The second-order valence-corrected chi connectivity index (χ2v) is 7.29. The predicted molar refractivity (Wildman–Crippen MR) is 99.7 cm³/mol. The molecule has 0 radical (unpaired) electrons. The number of hydrogen-bond donors (Lipinski definition) is 0. The molecule has 2 atom stereocenters. The summed E-state index contributed by atoms with van der Waals surface area (Å²) >= 11 is 0. The van der Waals surface area contributed by atoms with Crippen molar-refractivity contribution in [1.29, 1.82) is 0 Å². The van der Waals surface area contributed by atoms with Crippen LogP contribution in [0, 0.1) is 11.8 Å². The highest BCUT2D eigenvalue weighted by atomic mass is 16.2. The lowest BCUT2D eigenvalue weighted by Crippen LogP contribution is -2.49. The van der Waals surface area contributed by atoms with Crippen LogP contribution in [-0.4, -0.2) is 65.2 Å². The largest absolute Gasteiger partial charge is 0.353 e. The van der Waals surface area contributed by atoms with Crippen LogP contribution in [0.3, 0.4) is 0 Å². The molecular formula is C20H24N4O3. The normalized spacial score (nSPS) is 25.1. The first-order valence-corrected chi connectivity index (χ1v) is 9.59. The zero-order valence-corrected chi connectivity index (χ0v) is 15.3. The molecule has 0 bridgehead atoms. The van der Waals surface area contributed by atoms with E-state index in [1.165, 1.54) is 4.90 Å². The van der Waals surface area contributed by atoms with Gasteiger partial charge in [-0.1, -0.05) is 18.2 Å². The molecule has 27 heavy (non-hydrogen) atoms. The zero-order chi connectivity index (χ0) is 18.8. The van der Waals surface area contributed by atoms with Crippen LogP contribution in [0.25, 0.3) is 0 Å². The lowest BCUT2D eigenvalue weighted by molar-refractivity contribution is -0.140. The van der Waals surface area contributed by atoms with Crippen LogP contribution in [0.1, 0.15) is 19.3 Å². The first-order chi connectivity index (χ1) is 13.1. The van der Waals surface area contributed by atoms with E-state index in [9.17, 15) is 14.4 Å². The number of carbonyl (C=O) groups is 3. The minimum Gasteiger partial charge on any atom is -0.353 e. The van der Waals surface area contributed by atoms with Gasteiger partial charge in [-0.15, -0.1) is 0 Å². The third-order valence-electron chi connectivity index (χ3n) is 5.75. The summed E-state index contributed by atoms with van der Waals surface area (Å²) in [5.74, 6) is 0.265. The van der Waals surface area contributed by atoms with Gasteiger partial charge in [-0.2, -0.15) is 0 Å². The smallest absolute Gasteiger partial charge is 0.233 e. The van der Waals surface area contributed by atoms with Crippen molar-refractivity contribution in [3.8, 4) is 0 Å². The van der Waals surface area contributed by atoms with Gasteiger partial charge in [-0.3, -0.25) is 19.3 Å². The van der Waals surface area contributed by atoms with Gasteiger partial charge in [0.25, 0.3) is 0 Å². The Hall–Kier alpha value is -2.70. The minimum atomic E-state index is -0.223. The summed E-state index contributed by atoms with van der Waals surface area (Å²) in [6.07, 6.45) is 7.19. The lowest BCUT2D eigenvalue weighted by Gasteiger charge is -2.35. The summed E-state index contributed by atoms with van der Waals surface area (Å²) in [6.45, 7) is 2.93. The predicted octanol–water partition coefficient (Wildman–Crippen LogP) is 1.07. The number of amides is 3.